The zero-order chi connectivity index (χ0) is 14.6. The predicted molar refractivity (Wildman–Crippen MR) is 80.1 cm³/mol. The summed E-state index contributed by atoms with van der Waals surface area (Å²) < 4.78 is 31.4. The van der Waals surface area contributed by atoms with E-state index in [2.05, 4.69) is 6.92 Å². The number of hydrogen-bond acceptors (Lipinski definition) is 4. The molecule has 1 aliphatic rings. The first-order chi connectivity index (χ1) is 9.47. The van der Waals surface area contributed by atoms with Crippen LogP contribution in [-0.2, 0) is 10.0 Å². The van der Waals surface area contributed by atoms with E-state index in [1.54, 1.807) is 28.6 Å². The Morgan fingerprint density at radius 3 is 2.70 bits per heavy atom. The quantitative estimate of drug-likeness (QED) is 0.840. The molecule has 5 nitrogen and oxygen atoms in total. The molecular weight excluding hydrogens is 276 g/mol. The summed E-state index contributed by atoms with van der Waals surface area (Å²) in [5.41, 5.74) is 6.25. The Kier molecular flexibility index (Phi) is 4.88. The van der Waals surface area contributed by atoms with Gasteiger partial charge in [-0.1, -0.05) is 13.0 Å². The van der Waals surface area contributed by atoms with Crippen molar-refractivity contribution >= 4 is 15.7 Å². The second-order valence-electron chi connectivity index (χ2n) is 5.32. The molecule has 0 amide bonds. The Bertz CT molecular complexity index is 537. The van der Waals surface area contributed by atoms with Crippen LogP contribution in [0, 0.1) is 5.92 Å². The first-order valence-electron chi connectivity index (χ1n) is 6.93. The van der Waals surface area contributed by atoms with Gasteiger partial charge in [0.15, 0.2) is 0 Å². The van der Waals surface area contributed by atoms with Crippen molar-refractivity contribution in [2.75, 3.05) is 31.2 Å². The number of hydrogen-bond donors (Lipinski definition) is 1. The van der Waals surface area contributed by atoms with Crippen molar-refractivity contribution in [3.8, 4) is 5.75 Å². The van der Waals surface area contributed by atoms with E-state index in [4.69, 9.17) is 10.5 Å². The van der Waals surface area contributed by atoms with Gasteiger partial charge in [0.2, 0.25) is 10.0 Å². The molecule has 1 saturated heterocycles. The lowest BCUT2D eigenvalue weighted by atomic mass is 10.0. The standard InChI is InChI=1S/C14H22N2O3S/c1-12-5-7-16(8-6-12)20(17,18)10-9-19-14-4-2-3-13(15)11-14/h2-4,11-12H,5-10,15H2,1H3. The van der Waals surface area contributed by atoms with E-state index in [1.807, 2.05) is 0 Å². The molecule has 0 atom stereocenters. The van der Waals surface area contributed by atoms with Gasteiger partial charge >= 0.3 is 0 Å². The number of piperidine rings is 1. The molecule has 1 aromatic rings. The highest BCUT2D eigenvalue weighted by molar-refractivity contribution is 7.89. The van der Waals surface area contributed by atoms with E-state index in [-0.39, 0.29) is 12.4 Å². The normalized spacial score (nSPS) is 18.1. The summed E-state index contributed by atoms with van der Waals surface area (Å²) in [5, 5.41) is 0. The maximum Gasteiger partial charge on any atom is 0.217 e. The van der Waals surface area contributed by atoms with Crippen LogP contribution in [-0.4, -0.2) is 38.2 Å². The van der Waals surface area contributed by atoms with Crippen LogP contribution in [0.4, 0.5) is 5.69 Å². The van der Waals surface area contributed by atoms with Crippen molar-refractivity contribution in [1.29, 1.82) is 0 Å². The van der Waals surface area contributed by atoms with E-state index < -0.39 is 10.0 Å². The fourth-order valence-electron chi connectivity index (χ4n) is 2.26. The second-order valence-corrected chi connectivity index (χ2v) is 7.41. The molecule has 1 fully saturated rings. The average Bonchev–Trinajstić information content (AvgIpc) is 2.39. The zero-order valence-corrected chi connectivity index (χ0v) is 12.6. The van der Waals surface area contributed by atoms with E-state index >= 15 is 0 Å². The minimum atomic E-state index is -3.21. The maximum atomic E-state index is 12.2. The van der Waals surface area contributed by atoms with Crippen LogP contribution in [0.3, 0.4) is 0 Å². The SMILES string of the molecule is CC1CCN(S(=O)(=O)CCOc2cccc(N)c2)CC1. The fraction of sp³-hybridized carbons (Fsp3) is 0.571. The summed E-state index contributed by atoms with van der Waals surface area (Å²) in [7, 11) is -3.21. The molecule has 2 rings (SSSR count). The summed E-state index contributed by atoms with van der Waals surface area (Å²) in [6, 6.07) is 7.00. The van der Waals surface area contributed by atoms with Gasteiger partial charge in [-0.3, -0.25) is 0 Å². The highest BCUT2D eigenvalue weighted by Gasteiger charge is 2.26. The molecule has 1 aromatic carbocycles. The Hall–Kier alpha value is -1.27. The second kappa shape index (κ2) is 6.45. The fourth-order valence-corrected chi connectivity index (χ4v) is 3.58. The van der Waals surface area contributed by atoms with Crippen molar-refractivity contribution in [2.24, 2.45) is 5.92 Å². The Morgan fingerprint density at radius 1 is 1.35 bits per heavy atom. The van der Waals surface area contributed by atoms with Gasteiger partial charge in [-0.25, -0.2) is 12.7 Å². The lowest BCUT2D eigenvalue weighted by molar-refractivity contribution is 0.283. The monoisotopic (exact) mass is 298 g/mol. The number of anilines is 1. The van der Waals surface area contributed by atoms with E-state index in [0.29, 0.717) is 30.4 Å². The third-order valence-corrected chi connectivity index (χ3v) is 5.44. The zero-order valence-electron chi connectivity index (χ0n) is 11.8. The number of benzene rings is 1. The van der Waals surface area contributed by atoms with Crippen LogP contribution >= 0.6 is 0 Å². The van der Waals surface area contributed by atoms with Gasteiger partial charge < -0.3 is 10.5 Å². The molecule has 6 heteroatoms. The highest BCUT2D eigenvalue weighted by atomic mass is 32.2. The summed E-state index contributed by atoms with van der Waals surface area (Å²) >= 11 is 0. The molecular formula is C14H22N2O3S. The summed E-state index contributed by atoms with van der Waals surface area (Å²) in [6.45, 7) is 3.56. The van der Waals surface area contributed by atoms with Crippen LogP contribution in [0.2, 0.25) is 0 Å². The van der Waals surface area contributed by atoms with Gasteiger partial charge in [-0.15, -0.1) is 0 Å². The Balaban J connectivity index is 1.83. The van der Waals surface area contributed by atoms with Crippen molar-refractivity contribution < 1.29 is 13.2 Å². The number of rotatable bonds is 5. The van der Waals surface area contributed by atoms with Crippen LogP contribution in [0.15, 0.2) is 24.3 Å². The maximum absolute atomic E-state index is 12.2. The first-order valence-corrected chi connectivity index (χ1v) is 8.54. The molecule has 0 unspecified atom stereocenters. The minimum Gasteiger partial charge on any atom is -0.492 e. The summed E-state index contributed by atoms with van der Waals surface area (Å²) in [6.07, 6.45) is 1.88. The number of sulfonamides is 1. The lowest BCUT2D eigenvalue weighted by Crippen LogP contribution is -2.40. The van der Waals surface area contributed by atoms with E-state index in [1.165, 1.54) is 0 Å². The summed E-state index contributed by atoms with van der Waals surface area (Å²) in [5.74, 6) is 1.23. The molecule has 0 saturated carbocycles. The molecule has 1 heterocycles. The molecule has 0 aliphatic carbocycles. The van der Waals surface area contributed by atoms with Crippen molar-refractivity contribution in [3.05, 3.63) is 24.3 Å². The third-order valence-electron chi connectivity index (χ3n) is 3.60. The number of nitrogen functional groups attached to an aromatic ring is 1. The van der Waals surface area contributed by atoms with Gasteiger partial charge in [-0.2, -0.15) is 0 Å². The minimum absolute atomic E-state index is 0.0101. The van der Waals surface area contributed by atoms with Gasteiger partial charge in [0.05, 0.1) is 5.75 Å². The molecule has 20 heavy (non-hydrogen) atoms. The molecule has 1 aliphatic heterocycles. The third kappa shape index (κ3) is 4.11. The van der Waals surface area contributed by atoms with E-state index in [9.17, 15) is 8.42 Å². The van der Waals surface area contributed by atoms with Gasteiger partial charge in [0.25, 0.3) is 0 Å². The van der Waals surface area contributed by atoms with Crippen molar-refractivity contribution in [3.63, 3.8) is 0 Å². The first kappa shape index (κ1) is 15.1. The molecule has 0 bridgehead atoms. The molecule has 0 spiro atoms. The van der Waals surface area contributed by atoms with Crippen LogP contribution in [0.5, 0.6) is 5.75 Å². The van der Waals surface area contributed by atoms with Gasteiger partial charge in [-0.05, 0) is 30.9 Å². The highest BCUT2D eigenvalue weighted by Crippen LogP contribution is 2.19. The van der Waals surface area contributed by atoms with Crippen molar-refractivity contribution in [2.45, 2.75) is 19.8 Å². The average molecular weight is 298 g/mol. The predicted octanol–water partition coefficient (Wildman–Crippen LogP) is 1.71. The number of nitrogens with two attached hydrogens (primary N) is 1. The topological polar surface area (TPSA) is 72.6 Å². The smallest absolute Gasteiger partial charge is 0.217 e. The van der Waals surface area contributed by atoms with Gasteiger partial charge in [0, 0.05) is 24.8 Å². The van der Waals surface area contributed by atoms with Crippen molar-refractivity contribution in [1.82, 2.24) is 4.31 Å². The molecule has 112 valence electrons. The van der Waals surface area contributed by atoms with Crippen LogP contribution < -0.4 is 10.5 Å². The Labute approximate surface area is 120 Å². The van der Waals surface area contributed by atoms with Crippen LogP contribution in [0.25, 0.3) is 0 Å². The van der Waals surface area contributed by atoms with E-state index in [0.717, 1.165) is 12.8 Å². The summed E-state index contributed by atoms with van der Waals surface area (Å²) in [4.78, 5) is 0. The molecule has 0 radical (unpaired) electrons. The largest absolute Gasteiger partial charge is 0.492 e. The number of nitrogens with zero attached hydrogens (tertiary/aromatic N) is 1. The lowest BCUT2D eigenvalue weighted by Gasteiger charge is -2.29. The molecule has 2 N–H and O–H groups in total. The van der Waals surface area contributed by atoms with Crippen LogP contribution in [0.1, 0.15) is 19.8 Å². The Morgan fingerprint density at radius 2 is 2.05 bits per heavy atom. The number of ether oxygens (including phenoxy) is 1. The molecule has 0 aromatic heterocycles. The van der Waals surface area contributed by atoms with Gasteiger partial charge in [0.1, 0.15) is 12.4 Å².